The normalized spacial score (nSPS) is 14.5. The van der Waals surface area contributed by atoms with Crippen molar-refractivity contribution < 1.29 is 18.0 Å². The van der Waals surface area contributed by atoms with Crippen LogP contribution in [0.15, 0.2) is 83.8 Å². The number of amides is 2. The predicted molar refractivity (Wildman–Crippen MR) is 168 cm³/mol. The molecule has 1 fully saturated rings. The molecule has 1 aliphatic rings. The Kier molecular flexibility index (Phi) is 10.4. The van der Waals surface area contributed by atoms with Gasteiger partial charge in [-0.2, -0.15) is 0 Å². The van der Waals surface area contributed by atoms with Gasteiger partial charge in [0, 0.05) is 12.6 Å². The summed E-state index contributed by atoms with van der Waals surface area (Å²) in [5.74, 6) is -0.352. The molecule has 1 saturated carbocycles. The number of anilines is 1. The molecule has 0 aliphatic heterocycles. The molecular weight excluding hydrogens is 546 g/mol. The molecule has 0 aromatic heterocycles. The summed E-state index contributed by atoms with van der Waals surface area (Å²) in [6.07, 6.45) is 4.43. The number of rotatable bonds is 12. The van der Waals surface area contributed by atoms with Crippen molar-refractivity contribution in [1.82, 2.24) is 10.2 Å². The van der Waals surface area contributed by atoms with Crippen molar-refractivity contribution in [2.24, 2.45) is 0 Å². The Morgan fingerprint density at radius 2 is 1.60 bits per heavy atom. The van der Waals surface area contributed by atoms with Gasteiger partial charge in [0.15, 0.2) is 0 Å². The summed E-state index contributed by atoms with van der Waals surface area (Å²) in [7, 11) is -4.08. The zero-order valence-electron chi connectivity index (χ0n) is 25.1. The molecule has 1 atom stereocenters. The summed E-state index contributed by atoms with van der Waals surface area (Å²) in [5, 5.41) is 3.16. The monoisotopic (exact) mass is 589 g/mol. The first-order valence-corrected chi connectivity index (χ1v) is 16.4. The van der Waals surface area contributed by atoms with Crippen LogP contribution in [-0.4, -0.2) is 43.8 Å². The average Bonchev–Trinajstić information content (AvgIpc) is 3.49. The van der Waals surface area contributed by atoms with E-state index in [2.05, 4.69) is 19.2 Å². The van der Waals surface area contributed by atoms with Gasteiger partial charge in [0.2, 0.25) is 11.8 Å². The third-order valence-electron chi connectivity index (χ3n) is 7.98. The van der Waals surface area contributed by atoms with E-state index in [-0.39, 0.29) is 29.3 Å². The first-order valence-electron chi connectivity index (χ1n) is 14.9. The first-order chi connectivity index (χ1) is 20.1. The van der Waals surface area contributed by atoms with Crippen LogP contribution in [0, 0.1) is 6.92 Å². The Morgan fingerprint density at radius 1 is 0.929 bits per heavy atom. The number of sulfonamides is 1. The lowest BCUT2D eigenvalue weighted by Crippen LogP contribution is -2.53. The van der Waals surface area contributed by atoms with Crippen molar-refractivity contribution in [1.29, 1.82) is 0 Å². The molecule has 3 aromatic rings. The number of hydrogen-bond donors (Lipinski definition) is 1. The van der Waals surface area contributed by atoms with Crippen molar-refractivity contribution in [3.8, 4) is 0 Å². The van der Waals surface area contributed by atoms with Crippen LogP contribution in [0.1, 0.15) is 75.5 Å². The maximum Gasteiger partial charge on any atom is 0.264 e. The summed E-state index contributed by atoms with van der Waals surface area (Å²) in [6, 6.07) is 22.6. The molecular formula is C34H43N3O4S. The van der Waals surface area contributed by atoms with Crippen molar-refractivity contribution >= 4 is 27.5 Å². The van der Waals surface area contributed by atoms with E-state index < -0.39 is 28.5 Å². The minimum Gasteiger partial charge on any atom is -0.352 e. The van der Waals surface area contributed by atoms with E-state index in [4.69, 9.17) is 0 Å². The van der Waals surface area contributed by atoms with E-state index >= 15 is 0 Å². The zero-order chi connectivity index (χ0) is 30.3. The Morgan fingerprint density at radius 3 is 2.19 bits per heavy atom. The number of nitrogens with zero attached hydrogens (tertiary/aromatic N) is 2. The molecule has 0 saturated heterocycles. The van der Waals surface area contributed by atoms with Gasteiger partial charge in [-0.25, -0.2) is 8.42 Å². The van der Waals surface area contributed by atoms with Crippen LogP contribution in [-0.2, 0) is 26.2 Å². The summed E-state index contributed by atoms with van der Waals surface area (Å²) in [4.78, 5) is 29.5. The van der Waals surface area contributed by atoms with Crippen LogP contribution in [0.3, 0.4) is 0 Å². The van der Waals surface area contributed by atoms with Crippen LogP contribution in [0.25, 0.3) is 0 Å². The molecule has 0 heterocycles. The van der Waals surface area contributed by atoms with E-state index in [9.17, 15) is 18.0 Å². The molecule has 1 aliphatic carbocycles. The Hall–Kier alpha value is -3.65. The molecule has 0 unspecified atom stereocenters. The van der Waals surface area contributed by atoms with E-state index in [1.54, 1.807) is 35.2 Å². The number of benzene rings is 3. The maximum absolute atomic E-state index is 14.3. The molecule has 224 valence electrons. The largest absolute Gasteiger partial charge is 0.352 e. The minimum absolute atomic E-state index is 0.0991. The van der Waals surface area contributed by atoms with Crippen LogP contribution < -0.4 is 9.62 Å². The van der Waals surface area contributed by atoms with Gasteiger partial charge in [-0.3, -0.25) is 13.9 Å². The van der Waals surface area contributed by atoms with Crippen molar-refractivity contribution in [3.05, 3.63) is 95.6 Å². The van der Waals surface area contributed by atoms with E-state index in [1.807, 2.05) is 50.2 Å². The molecule has 42 heavy (non-hydrogen) atoms. The highest BCUT2D eigenvalue weighted by Crippen LogP contribution is 2.27. The summed E-state index contributed by atoms with van der Waals surface area (Å²) in [5.41, 5.74) is 3.39. The van der Waals surface area contributed by atoms with E-state index in [1.165, 1.54) is 16.4 Å². The Labute approximate surface area is 251 Å². The van der Waals surface area contributed by atoms with Crippen molar-refractivity contribution in [3.63, 3.8) is 0 Å². The number of carbonyl (C=O) groups is 2. The number of nitrogens with one attached hydrogen (secondary N) is 1. The van der Waals surface area contributed by atoms with Gasteiger partial charge in [0.1, 0.15) is 12.6 Å². The third-order valence-corrected chi connectivity index (χ3v) is 9.77. The van der Waals surface area contributed by atoms with Gasteiger partial charge < -0.3 is 10.2 Å². The molecule has 4 rings (SSSR count). The number of hydrogen-bond acceptors (Lipinski definition) is 4. The average molecular weight is 590 g/mol. The van der Waals surface area contributed by atoms with Gasteiger partial charge in [-0.05, 0) is 67.5 Å². The predicted octanol–water partition coefficient (Wildman–Crippen LogP) is 6.18. The topological polar surface area (TPSA) is 86.8 Å². The maximum atomic E-state index is 14.3. The second kappa shape index (κ2) is 14.0. The van der Waals surface area contributed by atoms with E-state index in [0.717, 1.165) is 42.4 Å². The van der Waals surface area contributed by atoms with Crippen LogP contribution in [0.5, 0.6) is 0 Å². The second-order valence-electron chi connectivity index (χ2n) is 11.5. The molecule has 7 nitrogen and oxygen atoms in total. The smallest absolute Gasteiger partial charge is 0.264 e. The fourth-order valence-electron chi connectivity index (χ4n) is 5.57. The van der Waals surface area contributed by atoms with Gasteiger partial charge in [0.25, 0.3) is 10.0 Å². The molecule has 1 N–H and O–H groups in total. The number of aryl methyl sites for hydroxylation is 1. The lowest BCUT2D eigenvalue weighted by atomic mass is 10.0. The number of carbonyl (C=O) groups excluding carboxylic acids is 2. The fraction of sp³-hybridized carbons (Fsp3) is 0.412. The Bertz CT molecular complexity index is 1450. The molecule has 0 bridgehead atoms. The summed E-state index contributed by atoms with van der Waals surface area (Å²) >= 11 is 0. The van der Waals surface area contributed by atoms with Gasteiger partial charge >= 0.3 is 0 Å². The highest BCUT2D eigenvalue weighted by molar-refractivity contribution is 7.92. The molecule has 8 heteroatoms. The van der Waals surface area contributed by atoms with Gasteiger partial charge in [-0.1, -0.05) is 93.8 Å². The first kappa shape index (κ1) is 31.3. The lowest BCUT2D eigenvalue weighted by Gasteiger charge is -2.34. The highest BCUT2D eigenvalue weighted by atomic mass is 32.2. The van der Waals surface area contributed by atoms with Crippen LogP contribution in [0.2, 0.25) is 0 Å². The standard InChI is InChI=1S/C34H43N3O4S/c1-5-32(34(39)35-29-14-9-10-15-29)36(23-27-13-11-12-26(4)22-27)33(38)24-37(30-20-18-28(19-21-30)25(2)3)42(40,41)31-16-7-6-8-17-31/h6-8,11-13,16-22,25,29,32H,5,9-10,14-15,23-24H2,1-4H3,(H,35,39)/t32-/m1/s1. The van der Waals surface area contributed by atoms with Crippen LogP contribution >= 0.6 is 0 Å². The molecule has 0 radical (unpaired) electrons. The van der Waals surface area contributed by atoms with Crippen LogP contribution in [0.4, 0.5) is 5.69 Å². The fourth-order valence-corrected chi connectivity index (χ4v) is 7.00. The lowest BCUT2D eigenvalue weighted by molar-refractivity contribution is -0.140. The summed E-state index contributed by atoms with van der Waals surface area (Å²) < 4.78 is 29.2. The van der Waals surface area contributed by atoms with Gasteiger partial charge in [0.05, 0.1) is 10.6 Å². The summed E-state index contributed by atoms with van der Waals surface area (Å²) in [6.45, 7) is 7.77. The molecule has 2 amide bonds. The molecule has 0 spiro atoms. The van der Waals surface area contributed by atoms with E-state index in [0.29, 0.717) is 12.1 Å². The molecule has 3 aromatic carbocycles. The zero-order valence-corrected chi connectivity index (χ0v) is 25.9. The highest BCUT2D eigenvalue weighted by Gasteiger charge is 2.34. The third kappa shape index (κ3) is 7.59. The van der Waals surface area contributed by atoms with Crippen molar-refractivity contribution in [2.45, 2.75) is 89.2 Å². The van der Waals surface area contributed by atoms with Crippen molar-refractivity contribution in [2.75, 3.05) is 10.8 Å². The Balaban J connectivity index is 1.71. The quantitative estimate of drug-likeness (QED) is 0.273. The minimum atomic E-state index is -4.08. The SMILES string of the molecule is CC[C@H](C(=O)NC1CCCC1)N(Cc1cccc(C)c1)C(=O)CN(c1ccc(C(C)C)cc1)S(=O)(=O)c1ccccc1. The second-order valence-corrected chi connectivity index (χ2v) is 13.4. The van der Waals surface area contributed by atoms with Gasteiger partial charge in [-0.15, -0.1) is 0 Å².